The van der Waals surface area contributed by atoms with Gasteiger partial charge < -0.3 is 0 Å². The topological polar surface area (TPSA) is 0 Å². The maximum atomic E-state index is 4.12. The monoisotopic (exact) mass is 124 g/mol. The highest BCUT2D eigenvalue weighted by molar-refractivity contribution is 7.81. The van der Waals surface area contributed by atoms with Crippen molar-refractivity contribution < 1.29 is 0 Å². The van der Waals surface area contributed by atoms with E-state index < -0.39 is 0 Å². The van der Waals surface area contributed by atoms with Gasteiger partial charge in [-0.2, -0.15) is 26.1 Å². The zero-order valence-corrected chi connectivity index (χ0v) is 6.34. The summed E-state index contributed by atoms with van der Waals surface area (Å²) >= 11 is 4.12. The molecular weight excluding hydrogens is 112 g/mol. The molecule has 0 heterocycles. The largest absolute Gasteiger partial charge is 0.197 e. The van der Waals surface area contributed by atoms with Crippen molar-refractivity contribution in [1.29, 1.82) is 0 Å². The summed E-state index contributed by atoms with van der Waals surface area (Å²) in [5.74, 6) is 0. The highest BCUT2D eigenvalue weighted by atomic mass is 32.1. The van der Waals surface area contributed by atoms with Gasteiger partial charge in [0.05, 0.1) is 0 Å². The second kappa shape index (κ2) is 2.80. The second-order valence-electron chi connectivity index (χ2n) is 2.17. The van der Waals surface area contributed by atoms with E-state index in [1.807, 2.05) is 0 Å². The summed E-state index contributed by atoms with van der Waals surface area (Å²) in [6.07, 6.45) is 0. The van der Waals surface area contributed by atoms with Crippen molar-refractivity contribution in [2.45, 2.75) is 25.5 Å². The van der Waals surface area contributed by atoms with Crippen LogP contribution in [0.5, 0.6) is 0 Å². The van der Waals surface area contributed by atoms with Gasteiger partial charge in [-0.1, -0.05) is 20.8 Å². The molecule has 0 saturated carbocycles. The van der Waals surface area contributed by atoms with Gasteiger partial charge in [0.15, 0.2) is 0 Å². The van der Waals surface area contributed by atoms with Crippen molar-refractivity contribution in [3.8, 4) is 0 Å². The smallest absolute Gasteiger partial charge is 0.00449 e. The Hall–Kier alpha value is 0.700. The molecule has 0 aromatic rings. The van der Waals surface area contributed by atoms with Crippen LogP contribution in [0.15, 0.2) is 0 Å². The van der Waals surface area contributed by atoms with Crippen molar-refractivity contribution in [3.63, 3.8) is 0 Å². The van der Waals surface area contributed by atoms with E-state index >= 15 is 0 Å². The van der Waals surface area contributed by atoms with Crippen molar-refractivity contribution in [2.24, 2.45) is 0 Å². The van der Waals surface area contributed by atoms with Crippen LogP contribution in [0.2, 0.25) is 0 Å². The van der Waals surface area contributed by atoms with E-state index in [4.69, 9.17) is 0 Å². The predicted octanol–water partition coefficient (Wildman–Crippen LogP) is 1.83. The summed E-state index contributed by atoms with van der Waals surface area (Å²) in [7, 11) is 0. The Morgan fingerprint density at radius 3 is 1.17 bits per heavy atom. The lowest BCUT2D eigenvalue weighted by atomic mass is 10.3. The fourth-order valence-corrected chi connectivity index (χ4v) is 0. The van der Waals surface area contributed by atoms with Gasteiger partial charge in [0, 0.05) is 4.75 Å². The van der Waals surface area contributed by atoms with E-state index in [1.165, 1.54) is 0 Å². The van der Waals surface area contributed by atoms with E-state index in [0.29, 0.717) is 0 Å². The Balaban J connectivity index is 0. The highest BCUT2D eigenvalue weighted by Gasteiger charge is 1.96. The molecule has 0 saturated heterocycles. The molecule has 0 N–H and O–H groups in total. The van der Waals surface area contributed by atoms with E-state index in [0.717, 1.165) is 0 Å². The summed E-state index contributed by atoms with van der Waals surface area (Å²) in [5, 5.41) is 0. The van der Waals surface area contributed by atoms with Crippen LogP contribution < -0.4 is 0 Å². The van der Waals surface area contributed by atoms with Gasteiger partial charge in [-0.25, -0.2) is 0 Å². The third-order valence-electron chi connectivity index (χ3n) is 0. The van der Waals surface area contributed by atoms with Crippen LogP contribution in [0, 0.1) is 0 Å². The average Bonchev–Trinajstić information content (AvgIpc) is 0.722. The molecule has 0 aromatic carbocycles. The molecule has 0 unspecified atom stereocenters. The first-order valence-corrected chi connectivity index (χ1v) is 2.17. The molecule has 0 fully saturated rings. The lowest BCUT2D eigenvalue weighted by molar-refractivity contribution is 0.812. The Morgan fingerprint density at radius 1 is 1.17 bits per heavy atom. The second-order valence-corrected chi connectivity index (χ2v) is 3.51. The van der Waals surface area contributed by atoms with Crippen molar-refractivity contribution >= 4 is 26.1 Å². The Bertz CT molecular complexity index is 21.0. The lowest BCUT2D eigenvalue weighted by Gasteiger charge is -2.04. The number of hydrogen-bond acceptors (Lipinski definition) is 1. The molecule has 0 aliphatic heterocycles. The molecule has 0 spiro atoms. The fraction of sp³-hybridized carbons (Fsp3) is 1.00. The maximum Gasteiger partial charge on any atom is 0.00449 e. The molecule has 40 valence electrons. The van der Waals surface area contributed by atoms with Gasteiger partial charge in [-0.15, -0.1) is 0 Å². The molecule has 0 atom stereocenters. The van der Waals surface area contributed by atoms with Crippen LogP contribution in [0.25, 0.3) is 0 Å². The average molecular weight is 124 g/mol. The number of rotatable bonds is 0. The number of thiol groups is 1. The van der Waals surface area contributed by atoms with Crippen molar-refractivity contribution in [3.05, 3.63) is 0 Å². The third-order valence-corrected chi connectivity index (χ3v) is 0. The molecular formula is C4H12S2. The summed E-state index contributed by atoms with van der Waals surface area (Å²) in [6, 6.07) is 0. The van der Waals surface area contributed by atoms with Gasteiger partial charge in [-0.3, -0.25) is 0 Å². The van der Waals surface area contributed by atoms with Crippen molar-refractivity contribution in [1.82, 2.24) is 0 Å². The number of hydrogen-bond donors (Lipinski definition) is 1. The molecule has 2 heteroatoms. The SMILES string of the molecule is CC(C)(C)S.S. The summed E-state index contributed by atoms with van der Waals surface area (Å²) in [5.41, 5.74) is 0. The van der Waals surface area contributed by atoms with Crippen molar-refractivity contribution in [2.75, 3.05) is 0 Å². The van der Waals surface area contributed by atoms with Crippen LogP contribution in [0.4, 0.5) is 0 Å². The zero-order valence-electron chi connectivity index (χ0n) is 4.45. The molecule has 0 radical (unpaired) electrons. The minimum atomic E-state index is 0. The zero-order chi connectivity index (χ0) is 4.50. The minimum Gasteiger partial charge on any atom is -0.197 e. The molecule has 0 rings (SSSR count). The Labute approximate surface area is 52.2 Å². The Morgan fingerprint density at radius 2 is 1.17 bits per heavy atom. The van der Waals surface area contributed by atoms with Gasteiger partial charge >= 0.3 is 0 Å². The summed E-state index contributed by atoms with van der Waals surface area (Å²) in [4.78, 5) is 0. The molecule has 0 aliphatic carbocycles. The van der Waals surface area contributed by atoms with E-state index in [9.17, 15) is 0 Å². The van der Waals surface area contributed by atoms with Crippen LogP contribution in [-0.4, -0.2) is 4.75 Å². The summed E-state index contributed by atoms with van der Waals surface area (Å²) in [6.45, 7) is 6.16. The molecule has 0 bridgehead atoms. The fourth-order valence-electron chi connectivity index (χ4n) is 0. The van der Waals surface area contributed by atoms with Gasteiger partial charge in [-0.05, 0) is 0 Å². The standard InChI is InChI=1S/C4H10S.H2S/c1-4(2,3)5;/h5H,1-3H3;1H2. The van der Waals surface area contributed by atoms with E-state index in [-0.39, 0.29) is 18.2 Å². The molecule has 0 amide bonds. The van der Waals surface area contributed by atoms with Gasteiger partial charge in [0.25, 0.3) is 0 Å². The minimum absolute atomic E-state index is 0. The normalized spacial score (nSPS) is 10.0. The van der Waals surface area contributed by atoms with Crippen LogP contribution in [0.1, 0.15) is 20.8 Å². The van der Waals surface area contributed by atoms with E-state index in [1.54, 1.807) is 0 Å². The third kappa shape index (κ3) is 131. The van der Waals surface area contributed by atoms with Gasteiger partial charge in [0.1, 0.15) is 0 Å². The molecule has 0 aliphatic rings. The summed E-state index contributed by atoms with van der Waals surface area (Å²) < 4.78 is 0.194. The lowest BCUT2D eigenvalue weighted by Crippen LogP contribution is -1.99. The quantitative estimate of drug-likeness (QED) is 0.468. The van der Waals surface area contributed by atoms with Crippen LogP contribution >= 0.6 is 26.1 Å². The first kappa shape index (κ1) is 9.85. The molecule has 6 heavy (non-hydrogen) atoms. The first-order valence-electron chi connectivity index (χ1n) is 1.72. The van der Waals surface area contributed by atoms with Crippen LogP contribution in [-0.2, 0) is 0 Å². The van der Waals surface area contributed by atoms with E-state index in [2.05, 4.69) is 33.4 Å². The molecule has 0 aromatic heterocycles. The predicted molar refractivity (Wildman–Crippen MR) is 39.1 cm³/mol. The Kier molecular flexibility index (Phi) is 4.61. The van der Waals surface area contributed by atoms with Crippen LogP contribution in [0.3, 0.4) is 0 Å². The maximum absolute atomic E-state index is 4.12. The first-order chi connectivity index (χ1) is 2.00. The van der Waals surface area contributed by atoms with Gasteiger partial charge in [0.2, 0.25) is 0 Å². The molecule has 0 nitrogen and oxygen atoms in total. The highest BCUT2D eigenvalue weighted by Crippen LogP contribution is 2.07.